The van der Waals surface area contributed by atoms with Crippen LogP contribution in [-0.2, 0) is 6.42 Å². The van der Waals surface area contributed by atoms with Gasteiger partial charge in [-0.3, -0.25) is 4.79 Å². The van der Waals surface area contributed by atoms with Gasteiger partial charge in [-0.15, -0.1) is 5.10 Å². The highest BCUT2D eigenvalue weighted by Crippen LogP contribution is 2.28. The minimum atomic E-state index is -0.151. The molecule has 0 aliphatic heterocycles. The number of nitrogens with zero attached hydrogens (tertiary/aromatic N) is 5. The molecule has 0 fully saturated rings. The summed E-state index contributed by atoms with van der Waals surface area (Å²) < 4.78 is 3.98. The van der Waals surface area contributed by atoms with Crippen molar-refractivity contribution in [2.75, 3.05) is 0 Å². The van der Waals surface area contributed by atoms with Crippen LogP contribution in [-0.4, -0.2) is 24.4 Å². The summed E-state index contributed by atoms with van der Waals surface area (Å²) in [4.78, 5) is 18.2. The minimum Gasteiger partial charge on any atom is -0.266 e. The first-order valence-electron chi connectivity index (χ1n) is 13.0. The van der Waals surface area contributed by atoms with E-state index < -0.39 is 0 Å². The number of thiazole rings is 1. The first-order chi connectivity index (χ1) is 19.7. The number of rotatable bonds is 6. The zero-order chi connectivity index (χ0) is 26.9. The standard InChI is InChI=1S/C33H23N5OS/c39-32-30(40-33-34-31(36-38(32)33)21-23-10-4-1-5-11-23)20-24-16-18-27(19-17-24)37-29(26-14-8-3-9-15-26)22-28(35-37)25-12-6-2-7-13-25/h1-20,22H,21H2. The lowest BCUT2D eigenvalue weighted by molar-refractivity contribution is 0.878. The molecule has 3 heterocycles. The summed E-state index contributed by atoms with van der Waals surface area (Å²) in [6.45, 7) is 0. The number of fused-ring (bicyclic) bond motifs is 1. The van der Waals surface area contributed by atoms with Crippen molar-refractivity contribution in [2.24, 2.45) is 0 Å². The van der Waals surface area contributed by atoms with E-state index in [2.05, 4.69) is 40.4 Å². The van der Waals surface area contributed by atoms with Crippen molar-refractivity contribution in [3.8, 4) is 28.2 Å². The molecule has 0 aliphatic rings. The van der Waals surface area contributed by atoms with Crippen LogP contribution in [0.25, 0.3) is 39.2 Å². The molecule has 40 heavy (non-hydrogen) atoms. The molecule has 0 unspecified atom stereocenters. The third-order valence-corrected chi connectivity index (χ3v) is 7.67. The first-order valence-corrected chi connectivity index (χ1v) is 13.8. The highest BCUT2D eigenvalue weighted by Gasteiger charge is 2.14. The Morgan fingerprint density at radius 1 is 0.725 bits per heavy atom. The molecule has 0 radical (unpaired) electrons. The molecular weight excluding hydrogens is 514 g/mol. The van der Waals surface area contributed by atoms with Crippen molar-refractivity contribution in [1.29, 1.82) is 0 Å². The summed E-state index contributed by atoms with van der Waals surface area (Å²) in [5.41, 5.74) is 6.90. The Morgan fingerprint density at radius 3 is 2.05 bits per heavy atom. The normalized spacial score (nSPS) is 11.8. The van der Waals surface area contributed by atoms with Gasteiger partial charge in [0.25, 0.3) is 5.56 Å². The average Bonchev–Trinajstić information content (AvgIpc) is 3.70. The van der Waals surface area contributed by atoms with E-state index in [1.165, 1.54) is 15.9 Å². The number of benzene rings is 4. The summed E-state index contributed by atoms with van der Waals surface area (Å²) in [6.07, 6.45) is 2.49. The van der Waals surface area contributed by atoms with Crippen LogP contribution >= 0.6 is 11.3 Å². The van der Waals surface area contributed by atoms with Crippen LogP contribution in [0.4, 0.5) is 0 Å². The third-order valence-electron chi connectivity index (χ3n) is 6.71. The second-order valence-electron chi connectivity index (χ2n) is 9.45. The Labute approximate surface area is 234 Å². The second-order valence-corrected chi connectivity index (χ2v) is 10.5. The molecule has 192 valence electrons. The average molecular weight is 538 g/mol. The summed E-state index contributed by atoms with van der Waals surface area (Å²) in [6, 6.07) is 40.6. The molecule has 7 rings (SSSR count). The van der Waals surface area contributed by atoms with Gasteiger partial charge in [0.05, 0.1) is 21.6 Å². The van der Waals surface area contributed by atoms with Crippen molar-refractivity contribution >= 4 is 22.4 Å². The van der Waals surface area contributed by atoms with E-state index in [4.69, 9.17) is 5.10 Å². The topological polar surface area (TPSA) is 65.1 Å². The largest absolute Gasteiger partial charge is 0.291 e. The van der Waals surface area contributed by atoms with Crippen LogP contribution < -0.4 is 10.1 Å². The van der Waals surface area contributed by atoms with Gasteiger partial charge in [-0.1, -0.05) is 114 Å². The second kappa shape index (κ2) is 10.2. The molecule has 7 aromatic rings. The van der Waals surface area contributed by atoms with Gasteiger partial charge in [-0.2, -0.15) is 9.61 Å². The molecular formula is C33H23N5OS. The summed E-state index contributed by atoms with van der Waals surface area (Å²) in [5.74, 6) is 0.647. The van der Waals surface area contributed by atoms with E-state index in [9.17, 15) is 4.79 Å². The minimum absolute atomic E-state index is 0.151. The molecule has 7 heteroatoms. The fourth-order valence-corrected chi connectivity index (χ4v) is 5.66. The fourth-order valence-electron chi connectivity index (χ4n) is 4.73. The van der Waals surface area contributed by atoms with Crippen molar-refractivity contribution < 1.29 is 0 Å². The molecule has 0 bridgehead atoms. The van der Waals surface area contributed by atoms with Gasteiger partial charge in [0.15, 0.2) is 5.82 Å². The highest BCUT2D eigenvalue weighted by molar-refractivity contribution is 7.15. The zero-order valence-electron chi connectivity index (χ0n) is 21.4. The van der Waals surface area contributed by atoms with Crippen LogP contribution in [0, 0.1) is 0 Å². The van der Waals surface area contributed by atoms with Crippen LogP contribution in [0.2, 0.25) is 0 Å². The molecule has 0 saturated heterocycles. The molecule has 0 spiro atoms. The molecule has 0 saturated carbocycles. The predicted molar refractivity (Wildman–Crippen MR) is 160 cm³/mol. The lowest BCUT2D eigenvalue weighted by atomic mass is 10.1. The maximum Gasteiger partial charge on any atom is 0.291 e. The highest BCUT2D eigenvalue weighted by atomic mass is 32.1. The summed E-state index contributed by atoms with van der Waals surface area (Å²) >= 11 is 1.36. The fraction of sp³-hybridized carbons (Fsp3) is 0.0303. The molecule has 0 aliphatic carbocycles. The van der Waals surface area contributed by atoms with Gasteiger partial charge < -0.3 is 0 Å². The number of aromatic nitrogens is 5. The van der Waals surface area contributed by atoms with E-state index in [-0.39, 0.29) is 5.56 Å². The SMILES string of the molecule is O=c1c(=Cc2ccc(-n3nc(-c4ccccc4)cc3-c3ccccc3)cc2)sc2nc(Cc3ccccc3)nn12. The Bertz CT molecular complexity index is 2030. The molecule has 0 N–H and O–H groups in total. The zero-order valence-corrected chi connectivity index (χ0v) is 22.2. The predicted octanol–water partition coefficient (Wildman–Crippen LogP) is 5.81. The Kier molecular flexibility index (Phi) is 6.11. The smallest absolute Gasteiger partial charge is 0.266 e. The van der Waals surface area contributed by atoms with Crippen molar-refractivity contribution in [3.05, 3.63) is 153 Å². The molecule has 4 aromatic carbocycles. The quantitative estimate of drug-likeness (QED) is 0.269. The van der Waals surface area contributed by atoms with Gasteiger partial charge in [0, 0.05) is 17.5 Å². The van der Waals surface area contributed by atoms with E-state index in [1.807, 2.05) is 102 Å². The molecule has 0 amide bonds. The van der Waals surface area contributed by atoms with Gasteiger partial charge >= 0.3 is 0 Å². The molecule has 6 nitrogen and oxygen atoms in total. The molecule has 3 aromatic heterocycles. The Hall–Kier alpha value is -5.14. The monoisotopic (exact) mass is 537 g/mol. The van der Waals surface area contributed by atoms with Crippen LogP contribution in [0.1, 0.15) is 17.0 Å². The van der Waals surface area contributed by atoms with E-state index in [0.29, 0.717) is 21.7 Å². The third kappa shape index (κ3) is 4.63. The van der Waals surface area contributed by atoms with Crippen LogP contribution in [0.5, 0.6) is 0 Å². The van der Waals surface area contributed by atoms with Crippen molar-refractivity contribution in [3.63, 3.8) is 0 Å². The van der Waals surface area contributed by atoms with E-state index in [0.717, 1.165) is 39.3 Å². The number of hydrogen-bond donors (Lipinski definition) is 0. The van der Waals surface area contributed by atoms with E-state index in [1.54, 1.807) is 0 Å². The molecule has 0 atom stereocenters. The van der Waals surface area contributed by atoms with Gasteiger partial charge in [0.1, 0.15) is 0 Å². The van der Waals surface area contributed by atoms with Crippen LogP contribution in [0.15, 0.2) is 126 Å². The van der Waals surface area contributed by atoms with Crippen LogP contribution in [0.3, 0.4) is 0 Å². The van der Waals surface area contributed by atoms with E-state index >= 15 is 0 Å². The first kappa shape index (κ1) is 23.9. The van der Waals surface area contributed by atoms with Gasteiger partial charge in [0.2, 0.25) is 4.96 Å². The summed E-state index contributed by atoms with van der Waals surface area (Å²) in [5, 5.41) is 9.41. The lowest BCUT2D eigenvalue weighted by Gasteiger charge is -2.08. The lowest BCUT2D eigenvalue weighted by Crippen LogP contribution is -2.23. The Morgan fingerprint density at radius 2 is 1.38 bits per heavy atom. The summed E-state index contributed by atoms with van der Waals surface area (Å²) in [7, 11) is 0. The van der Waals surface area contributed by atoms with Crippen molar-refractivity contribution in [1.82, 2.24) is 24.4 Å². The maximum atomic E-state index is 13.1. The maximum absolute atomic E-state index is 13.1. The van der Waals surface area contributed by atoms with Gasteiger partial charge in [-0.05, 0) is 35.4 Å². The number of hydrogen-bond acceptors (Lipinski definition) is 5. The Balaban J connectivity index is 1.21. The van der Waals surface area contributed by atoms with Gasteiger partial charge in [-0.25, -0.2) is 9.67 Å². The van der Waals surface area contributed by atoms with Crippen molar-refractivity contribution in [2.45, 2.75) is 6.42 Å².